The number of carboxylic acid groups (broad SMARTS) is 1. The van der Waals surface area contributed by atoms with Gasteiger partial charge in [-0.3, -0.25) is 4.79 Å². The van der Waals surface area contributed by atoms with Crippen molar-refractivity contribution < 1.29 is 14.7 Å². The molecule has 1 unspecified atom stereocenters. The molecule has 0 aromatic rings. The van der Waals surface area contributed by atoms with Gasteiger partial charge in [-0.05, 0) is 12.3 Å². The van der Waals surface area contributed by atoms with Crippen molar-refractivity contribution >= 4 is 12.0 Å². The molecule has 12 heavy (non-hydrogen) atoms. The average Bonchev–Trinajstić information content (AvgIpc) is 1.96. The first-order chi connectivity index (χ1) is 5.52. The Morgan fingerprint density at radius 1 is 1.58 bits per heavy atom. The van der Waals surface area contributed by atoms with E-state index in [1.54, 1.807) is 0 Å². The lowest BCUT2D eigenvalue weighted by molar-refractivity contribution is -0.137. The summed E-state index contributed by atoms with van der Waals surface area (Å²) < 4.78 is 0. The summed E-state index contributed by atoms with van der Waals surface area (Å²) in [5.41, 5.74) is 4.83. The number of carbonyl (C=O) groups excluding carboxylic acids is 1. The van der Waals surface area contributed by atoms with Gasteiger partial charge in [0.05, 0.1) is 0 Å². The zero-order valence-electron chi connectivity index (χ0n) is 7.04. The highest BCUT2D eigenvalue weighted by Gasteiger charge is 2.05. The molecule has 0 heterocycles. The molecule has 0 aliphatic heterocycles. The molecule has 1 atom stereocenters. The van der Waals surface area contributed by atoms with Gasteiger partial charge in [-0.2, -0.15) is 0 Å². The van der Waals surface area contributed by atoms with Gasteiger partial charge in [-0.25, -0.2) is 4.79 Å². The van der Waals surface area contributed by atoms with Gasteiger partial charge in [0.15, 0.2) is 0 Å². The molecule has 0 aromatic carbocycles. The number of nitrogens with two attached hydrogens (primary N) is 1. The summed E-state index contributed by atoms with van der Waals surface area (Å²) in [4.78, 5) is 20.4. The van der Waals surface area contributed by atoms with Crippen molar-refractivity contribution in [2.45, 2.75) is 19.8 Å². The Labute approximate surface area is 70.9 Å². The molecule has 0 spiro atoms. The second kappa shape index (κ2) is 5.40. The molecule has 0 bridgehead atoms. The van der Waals surface area contributed by atoms with Gasteiger partial charge in [-0.15, -0.1) is 0 Å². The summed E-state index contributed by atoms with van der Waals surface area (Å²) >= 11 is 0. The lowest BCUT2D eigenvalue weighted by Gasteiger charge is -2.09. The summed E-state index contributed by atoms with van der Waals surface area (Å²) in [6.07, 6.45) is 0.678. The van der Waals surface area contributed by atoms with Crippen molar-refractivity contribution in [2.75, 3.05) is 6.54 Å². The van der Waals surface area contributed by atoms with E-state index in [0.717, 1.165) is 0 Å². The molecule has 2 amide bonds. The van der Waals surface area contributed by atoms with Crippen molar-refractivity contribution in [3.63, 3.8) is 0 Å². The first kappa shape index (κ1) is 10.7. The molecule has 0 saturated heterocycles. The van der Waals surface area contributed by atoms with E-state index in [2.05, 4.69) is 5.32 Å². The van der Waals surface area contributed by atoms with E-state index in [1.807, 2.05) is 6.92 Å². The van der Waals surface area contributed by atoms with Gasteiger partial charge in [0.2, 0.25) is 0 Å². The van der Waals surface area contributed by atoms with E-state index in [4.69, 9.17) is 10.8 Å². The van der Waals surface area contributed by atoms with Crippen molar-refractivity contribution in [3.05, 3.63) is 0 Å². The third-order valence-corrected chi connectivity index (χ3v) is 1.48. The molecule has 5 heteroatoms. The minimum Gasteiger partial charge on any atom is -0.481 e. The number of nitrogens with one attached hydrogen (secondary N) is 1. The van der Waals surface area contributed by atoms with Crippen LogP contribution in [0.5, 0.6) is 0 Å². The molecule has 0 aliphatic carbocycles. The van der Waals surface area contributed by atoms with E-state index in [0.29, 0.717) is 13.0 Å². The van der Waals surface area contributed by atoms with Crippen molar-refractivity contribution in [3.8, 4) is 0 Å². The number of hydrogen-bond donors (Lipinski definition) is 3. The minimum absolute atomic E-state index is 0.127. The fourth-order valence-electron chi connectivity index (χ4n) is 0.747. The Kier molecular flexibility index (Phi) is 4.83. The number of rotatable bonds is 5. The molecular formula is C7H14N2O3. The van der Waals surface area contributed by atoms with Crippen LogP contribution >= 0.6 is 0 Å². The van der Waals surface area contributed by atoms with E-state index < -0.39 is 12.0 Å². The highest BCUT2D eigenvalue weighted by molar-refractivity contribution is 5.71. The Balaban J connectivity index is 3.39. The van der Waals surface area contributed by atoms with Gasteiger partial charge < -0.3 is 16.2 Å². The quantitative estimate of drug-likeness (QED) is 0.554. The van der Waals surface area contributed by atoms with Gasteiger partial charge in [0.25, 0.3) is 0 Å². The fraction of sp³-hybridized carbons (Fsp3) is 0.714. The molecule has 0 saturated carbocycles. The predicted molar refractivity (Wildman–Crippen MR) is 43.6 cm³/mol. The number of urea groups is 1. The largest absolute Gasteiger partial charge is 0.481 e. The van der Waals surface area contributed by atoms with Crippen LogP contribution in [0.2, 0.25) is 0 Å². The fourth-order valence-corrected chi connectivity index (χ4v) is 0.747. The summed E-state index contributed by atoms with van der Waals surface area (Å²) in [6.45, 7) is 2.29. The molecule has 0 aliphatic rings. The monoisotopic (exact) mass is 174 g/mol. The molecule has 0 aromatic heterocycles. The number of hydrogen-bond acceptors (Lipinski definition) is 2. The Bertz CT molecular complexity index is 152. The van der Waals surface area contributed by atoms with Crippen molar-refractivity contribution in [2.24, 2.45) is 11.7 Å². The van der Waals surface area contributed by atoms with Crippen LogP contribution in [0.25, 0.3) is 0 Å². The van der Waals surface area contributed by atoms with Gasteiger partial charge in [0.1, 0.15) is 0 Å². The number of carboxylic acids is 1. The summed E-state index contributed by atoms with van der Waals surface area (Å²) in [5, 5.41) is 10.7. The topological polar surface area (TPSA) is 92.4 Å². The van der Waals surface area contributed by atoms with Gasteiger partial charge in [0, 0.05) is 13.0 Å². The first-order valence-corrected chi connectivity index (χ1v) is 3.77. The van der Waals surface area contributed by atoms with E-state index >= 15 is 0 Å². The SMILES string of the molecule is CC(CCC(=O)O)CNC(N)=O. The normalized spacial score (nSPS) is 12.1. The van der Waals surface area contributed by atoms with Crippen LogP contribution in [0.3, 0.4) is 0 Å². The Morgan fingerprint density at radius 2 is 2.17 bits per heavy atom. The molecule has 0 rings (SSSR count). The number of primary amides is 1. The van der Waals surface area contributed by atoms with E-state index in [-0.39, 0.29) is 12.3 Å². The van der Waals surface area contributed by atoms with E-state index in [1.165, 1.54) is 0 Å². The van der Waals surface area contributed by atoms with Crippen LogP contribution in [-0.2, 0) is 4.79 Å². The minimum atomic E-state index is -0.819. The Morgan fingerprint density at radius 3 is 2.58 bits per heavy atom. The molecular weight excluding hydrogens is 160 g/mol. The summed E-state index contributed by atoms with van der Waals surface area (Å²) in [5.74, 6) is -0.672. The van der Waals surface area contributed by atoms with Crippen LogP contribution in [0.15, 0.2) is 0 Å². The first-order valence-electron chi connectivity index (χ1n) is 3.77. The second-order valence-electron chi connectivity index (χ2n) is 2.78. The van der Waals surface area contributed by atoms with Crippen LogP contribution in [-0.4, -0.2) is 23.7 Å². The maximum absolute atomic E-state index is 10.2. The molecule has 70 valence electrons. The zero-order chi connectivity index (χ0) is 9.56. The lowest BCUT2D eigenvalue weighted by atomic mass is 10.1. The smallest absolute Gasteiger partial charge is 0.312 e. The zero-order valence-corrected chi connectivity index (χ0v) is 7.04. The third kappa shape index (κ3) is 6.85. The second-order valence-corrected chi connectivity index (χ2v) is 2.78. The maximum atomic E-state index is 10.2. The molecule has 4 N–H and O–H groups in total. The Hall–Kier alpha value is -1.26. The van der Waals surface area contributed by atoms with Crippen LogP contribution in [0.1, 0.15) is 19.8 Å². The van der Waals surface area contributed by atoms with Crippen molar-refractivity contribution in [1.29, 1.82) is 0 Å². The molecule has 0 radical (unpaired) electrons. The van der Waals surface area contributed by atoms with Crippen LogP contribution < -0.4 is 11.1 Å². The van der Waals surface area contributed by atoms with Gasteiger partial charge >= 0.3 is 12.0 Å². The predicted octanol–water partition coefficient (Wildman–Crippen LogP) is 0.156. The van der Waals surface area contributed by atoms with E-state index in [9.17, 15) is 9.59 Å². The van der Waals surface area contributed by atoms with Crippen molar-refractivity contribution in [1.82, 2.24) is 5.32 Å². The third-order valence-electron chi connectivity index (χ3n) is 1.48. The lowest BCUT2D eigenvalue weighted by Crippen LogP contribution is -2.33. The standard InChI is InChI=1S/C7H14N2O3/c1-5(2-3-6(10)11)4-9-7(8)12/h5H,2-4H2,1H3,(H,10,11)(H3,8,9,12). The molecule has 0 fully saturated rings. The number of carbonyl (C=O) groups is 2. The number of aliphatic carboxylic acids is 1. The van der Waals surface area contributed by atoms with Gasteiger partial charge in [-0.1, -0.05) is 6.92 Å². The van der Waals surface area contributed by atoms with Crippen LogP contribution in [0.4, 0.5) is 4.79 Å². The summed E-state index contributed by atoms with van der Waals surface area (Å²) in [7, 11) is 0. The average molecular weight is 174 g/mol. The highest BCUT2D eigenvalue weighted by Crippen LogP contribution is 2.03. The molecule has 5 nitrogen and oxygen atoms in total. The highest BCUT2D eigenvalue weighted by atomic mass is 16.4. The van der Waals surface area contributed by atoms with Crippen LogP contribution in [0, 0.1) is 5.92 Å². The summed E-state index contributed by atoms with van der Waals surface area (Å²) in [6, 6.07) is -0.572. The number of amides is 2. The maximum Gasteiger partial charge on any atom is 0.312 e.